The van der Waals surface area contributed by atoms with Gasteiger partial charge in [0.1, 0.15) is 0 Å². The zero-order chi connectivity index (χ0) is 20.1. The van der Waals surface area contributed by atoms with E-state index in [-0.39, 0.29) is 0 Å². The summed E-state index contributed by atoms with van der Waals surface area (Å²) in [6, 6.07) is 18.9. The van der Waals surface area contributed by atoms with Crippen LogP contribution in [0.5, 0.6) is 0 Å². The number of ketones is 2. The van der Waals surface area contributed by atoms with Gasteiger partial charge in [-0.15, -0.1) is 0 Å². The summed E-state index contributed by atoms with van der Waals surface area (Å²) in [6.07, 6.45) is 0. The summed E-state index contributed by atoms with van der Waals surface area (Å²) >= 11 is 12.5. The molecular formula is C21H13Br2ClN2O2. The molecule has 0 aromatic heterocycles. The standard InChI is InChI=1S/C21H13Br2ClN2O2/c22-15-5-1-13(2-6-15)20(27)19(21(28)14-3-7-16(23)8-4-14)26-25-18-11-9-17(24)10-12-18/h1-12,19H. The van der Waals surface area contributed by atoms with Crippen LogP contribution in [0.15, 0.2) is 92.0 Å². The van der Waals surface area contributed by atoms with Crippen LogP contribution in [0.2, 0.25) is 5.02 Å². The summed E-state index contributed by atoms with van der Waals surface area (Å²) in [5.74, 6) is -0.837. The molecule has 140 valence electrons. The lowest BCUT2D eigenvalue weighted by atomic mass is 9.97. The summed E-state index contributed by atoms with van der Waals surface area (Å²) < 4.78 is 1.67. The lowest BCUT2D eigenvalue weighted by Gasteiger charge is -2.10. The van der Waals surface area contributed by atoms with Gasteiger partial charge >= 0.3 is 0 Å². The highest BCUT2D eigenvalue weighted by molar-refractivity contribution is 9.10. The SMILES string of the molecule is O=C(c1ccc(Br)cc1)C(N=Nc1ccc(Cl)cc1)C(=O)c1ccc(Br)cc1. The molecule has 0 aliphatic carbocycles. The number of halogens is 3. The van der Waals surface area contributed by atoms with Crippen LogP contribution in [0, 0.1) is 0 Å². The van der Waals surface area contributed by atoms with Gasteiger partial charge in [0, 0.05) is 25.1 Å². The van der Waals surface area contributed by atoms with Crippen molar-refractivity contribution >= 4 is 60.7 Å². The van der Waals surface area contributed by atoms with Crippen LogP contribution in [0.1, 0.15) is 20.7 Å². The highest BCUT2D eigenvalue weighted by Crippen LogP contribution is 2.21. The Bertz CT molecular complexity index is 960. The molecule has 4 nitrogen and oxygen atoms in total. The number of rotatable bonds is 6. The molecule has 0 aliphatic rings. The van der Waals surface area contributed by atoms with Crippen LogP contribution in [0.25, 0.3) is 0 Å². The fourth-order valence-corrected chi connectivity index (χ4v) is 3.05. The molecule has 0 heterocycles. The Morgan fingerprint density at radius 2 is 1.14 bits per heavy atom. The van der Waals surface area contributed by atoms with Crippen molar-refractivity contribution in [1.29, 1.82) is 0 Å². The van der Waals surface area contributed by atoms with Gasteiger partial charge in [0.05, 0.1) is 5.69 Å². The minimum atomic E-state index is -1.28. The van der Waals surface area contributed by atoms with Crippen molar-refractivity contribution in [3.8, 4) is 0 Å². The summed E-state index contributed by atoms with van der Waals surface area (Å²) in [7, 11) is 0. The van der Waals surface area contributed by atoms with E-state index in [1.165, 1.54) is 0 Å². The Morgan fingerprint density at radius 3 is 1.57 bits per heavy atom. The maximum absolute atomic E-state index is 13.0. The van der Waals surface area contributed by atoms with Crippen molar-refractivity contribution in [3.63, 3.8) is 0 Å². The number of hydrogen-bond acceptors (Lipinski definition) is 4. The normalized spacial score (nSPS) is 11.1. The first-order chi connectivity index (χ1) is 13.4. The van der Waals surface area contributed by atoms with Gasteiger partial charge in [-0.25, -0.2) is 0 Å². The molecule has 0 unspecified atom stereocenters. The molecule has 3 aromatic carbocycles. The highest BCUT2D eigenvalue weighted by atomic mass is 79.9. The molecule has 0 amide bonds. The van der Waals surface area contributed by atoms with E-state index in [0.29, 0.717) is 21.8 Å². The maximum Gasteiger partial charge on any atom is 0.197 e. The lowest BCUT2D eigenvalue weighted by Crippen LogP contribution is -2.28. The Kier molecular flexibility index (Phi) is 6.88. The Hall–Kier alpha value is -2.15. The van der Waals surface area contributed by atoms with E-state index in [1.807, 2.05) is 0 Å². The van der Waals surface area contributed by atoms with Crippen LogP contribution in [0.4, 0.5) is 5.69 Å². The zero-order valence-electron chi connectivity index (χ0n) is 14.4. The largest absolute Gasteiger partial charge is 0.291 e. The summed E-state index contributed by atoms with van der Waals surface area (Å²) in [5.41, 5.74) is 1.27. The topological polar surface area (TPSA) is 58.9 Å². The van der Waals surface area contributed by atoms with Gasteiger partial charge in [-0.3, -0.25) is 9.59 Å². The summed E-state index contributed by atoms with van der Waals surface area (Å²) in [4.78, 5) is 26.0. The van der Waals surface area contributed by atoms with Gasteiger partial charge in [0.15, 0.2) is 17.6 Å². The molecule has 0 bridgehead atoms. The van der Waals surface area contributed by atoms with Crippen molar-refractivity contribution in [2.45, 2.75) is 6.04 Å². The average Bonchev–Trinajstić information content (AvgIpc) is 2.70. The third-order valence-electron chi connectivity index (χ3n) is 3.87. The van der Waals surface area contributed by atoms with Crippen LogP contribution in [-0.4, -0.2) is 17.6 Å². The van der Waals surface area contributed by atoms with E-state index in [4.69, 9.17) is 11.6 Å². The van der Waals surface area contributed by atoms with Crippen molar-refractivity contribution in [3.05, 3.63) is 97.9 Å². The first-order valence-corrected chi connectivity index (χ1v) is 10.2. The minimum Gasteiger partial charge on any atom is -0.291 e. The third kappa shape index (κ3) is 5.22. The number of carbonyl (C=O) groups is 2. The predicted octanol–water partition coefficient (Wildman–Crippen LogP) is 7.08. The number of carbonyl (C=O) groups excluding carboxylic acids is 2. The molecule has 7 heteroatoms. The minimum absolute atomic E-state index is 0.383. The first kappa shape index (κ1) is 20.6. The molecule has 28 heavy (non-hydrogen) atoms. The third-order valence-corrected chi connectivity index (χ3v) is 5.18. The van der Waals surface area contributed by atoms with E-state index in [9.17, 15) is 9.59 Å². The Balaban J connectivity index is 1.95. The van der Waals surface area contributed by atoms with E-state index >= 15 is 0 Å². The molecule has 0 saturated heterocycles. The predicted molar refractivity (Wildman–Crippen MR) is 117 cm³/mol. The molecule has 3 rings (SSSR count). The van der Waals surface area contributed by atoms with Gasteiger partial charge in [-0.05, 0) is 48.5 Å². The highest BCUT2D eigenvalue weighted by Gasteiger charge is 2.28. The molecule has 0 saturated carbocycles. The van der Waals surface area contributed by atoms with Crippen LogP contribution >= 0.6 is 43.5 Å². The molecule has 0 atom stereocenters. The molecule has 0 spiro atoms. The Morgan fingerprint density at radius 1 is 0.714 bits per heavy atom. The van der Waals surface area contributed by atoms with Gasteiger partial charge in [0.25, 0.3) is 0 Å². The fourth-order valence-electron chi connectivity index (χ4n) is 2.40. The molecule has 0 fully saturated rings. The number of benzene rings is 3. The lowest BCUT2D eigenvalue weighted by molar-refractivity contribution is 0.0861. The van der Waals surface area contributed by atoms with E-state index in [2.05, 4.69) is 42.1 Å². The summed E-state index contributed by atoms with van der Waals surface area (Å²) in [6.45, 7) is 0. The van der Waals surface area contributed by atoms with Crippen molar-refractivity contribution in [2.75, 3.05) is 0 Å². The second-order valence-electron chi connectivity index (χ2n) is 5.84. The van der Waals surface area contributed by atoms with Crippen molar-refractivity contribution < 1.29 is 9.59 Å². The second-order valence-corrected chi connectivity index (χ2v) is 8.10. The number of azo groups is 1. The molecular weight excluding hydrogens is 508 g/mol. The fraction of sp³-hybridized carbons (Fsp3) is 0.0476. The van der Waals surface area contributed by atoms with Crippen molar-refractivity contribution in [2.24, 2.45) is 10.2 Å². The zero-order valence-corrected chi connectivity index (χ0v) is 18.3. The number of nitrogens with zero attached hydrogens (tertiary/aromatic N) is 2. The average molecular weight is 521 g/mol. The number of Topliss-reactive ketones (excluding diaryl/α,β-unsaturated/α-hetero) is 2. The molecule has 0 aliphatic heterocycles. The monoisotopic (exact) mass is 518 g/mol. The number of hydrogen-bond donors (Lipinski definition) is 0. The second kappa shape index (κ2) is 9.37. The van der Waals surface area contributed by atoms with Crippen molar-refractivity contribution in [1.82, 2.24) is 0 Å². The van der Waals surface area contributed by atoms with Gasteiger partial charge in [-0.1, -0.05) is 67.7 Å². The molecule has 0 N–H and O–H groups in total. The summed E-state index contributed by atoms with van der Waals surface area (Å²) in [5, 5.41) is 8.72. The Labute approximate surface area is 183 Å². The van der Waals surface area contributed by atoms with Gasteiger partial charge in [-0.2, -0.15) is 10.2 Å². The molecule has 3 aromatic rings. The smallest absolute Gasteiger partial charge is 0.197 e. The van der Waals surface area contributed by atoms with E-state index < -0.39 is 17.6 Å². The van der Waals surface area contributed by atoms with Crippen LogP contribution < -0.4 is 0 Å². The van der Waals surface area contributed by atoms with Crippen LogP contribution in [-0.2, 0) is 0 Å². The first-order valence-electron chi connectivity index (χ1n) is 8.20. The maximum atomic E-state index is 13.0. The quantitative estimate of drug-likeness (QED) is 0.198. The van der Waals surface area contributed by atoms with Gasteiger partial charge in [0.2, 0.25) is 0 Å². The van der Waals surface area contributed by atoms with E-state index in [1.54, 1.807) is 72.8 Å². The van der Waals surface area contributed by atoms with E-state index in [0.717, 1.165) is 8.95 Å². The van der Waals surface area contributed by atoms with Crippen LogP contribution in [0.3, 0.4) is 0 Å². The van der Waals surface area contributed by atoms with Gasteiger partial charge < -0.3 is 0 Å². The molecule has 0 radical (unpaired) electrons.